The molecule has 1 N–H and O–H groups in total. The third-order valence-corrected chi connectivity index (χ3v) is 8.31. The first-order chi connectivity index (χ1) is 12.6. The highest BCUT2D eigenvalue weighted by molar-refractivity contribution is 7.89. The Morgan fingerprint density at radius 2 is 2.00 bits per heavy atom. The summed E-state index contributed by atoms with van der Waals surface area (Å²) in [5.41, 5.74) is 0. The number of fused-ring (bicyclic) bond motifs is 1. The number of hydrogen-bond acceptors (Lipinski definition) is 5. The van der Waals surface area contributed by atoms with Gasteiger partial charge in [0.2, 0.25) is 10.0 Å². The molecule has 1 unspecified atom stereocenters. The minimum atomic E-state index is -3.51. The van der Waals surface area contributed by atoms with Crippen LogP contribution in [0.1, 0.15) is 49.2 Å². The van der Waals surface area contributed by atoms with Gasteiger partial charge in [0, 0.05) is 40.4 Å². The number of H-pyrrole nitrogens is 1. The van der Waals surface area contributed by atoms with E-state index < -0.39 is 10.0 Å². The predicted molar refractivity (Wildman–Crippen MR) is 101 cm³/mol. The standard InChI is InChI=1S/C18H20N4O2S2/c23-26(24,16-11-25-15-6-2-1-5-14(15)16)22-9-3-4-13(10-22)18-19-17(20-21-18)12-7-8-12/h1-2,5-6,11-13H,3-4,7-10H2,(H,19,20,21). The number of hydrogen-bond donors (Lipinski definition) is 1. The highest BCUT2D eigenvalue weighted by Crippen LogP contribution is 2.39. The van der Waals surface area contributed by atoms with Gasteiger partial charge >= 0.3 is 0 Å². The zero-order chi connectivity index (χ0) is 17.7. The molecule has 0 radical (unpaired) electrons. The molecule has 3 heterocycles. The Bertz CT molecular complexity index is 1050. The molecule has 3 aromatic rings. The number of thiophene rings is 1. The van der Waals surface area contributed by atoms with E-state index in [0.717, 1.165) is 34.6 Å². The highest BCUT2D eigenvalue weighted by atomic mass is 32.2. The third kappa shape index (κ3) is 2.76. The van der Waals surface area contributed by atoms with Gasteiger partial charge in [-0.2, -0.15) is 9.40 Å². The normalized spacial score (nSPS) is 22.1. The molecule has 136 valence electrons. The Morgan fingerprint density at radius 1 is 1.15 bits per heavy atom. The van der Waals surface area contributed by atoms with Gasteiger partial charge in [0.15, 0.2) is 5.82 Å². The Kier molecular flexibility index (Phi) is 3.88. The maximum Gasteiger partial charge on any atom is 0.244 e. The molecule has 1 aliphatic heterocycles. The molecular formula is C18H20N4O2S2. The molecule has 1 saturated carbocycles. The molecular weight excluding hydrogens is 368 g/mol. The van der Waals surface area contributed by atoms with E-state index in [1.807, 2.05) is 24.3 Å². The number of rotatable bonds is 4. The molecule has 1 aliphatic carbocycles. The summed E-state index contributed by atoms with van der Waals surface area (Å²) in [7, 11) is -3.51. The Hall–Kier alpha value is -1.77. The molecule has 2 aliphatic rings. The molecule has 0 amide bonds. The number of piperidine rings is 1. The lowest BCUT2D eigenvalue weighted by Gasteiger charge is -2.30. The van der Waals surface area contributed by atoms with Gasteiger partial charge in [-0.3, -0.25) is 5.10 Å². The summed E-state index contributed by atoms with van der Waals surface area (Å²) in [4.78, 5) is 5.06. The second-order valence-corrected chi connectivity index (χ2v) is 9.97. The fourth-order valence-corrected chi connectivity index (χ4v) is 6.67. The molecule has 0 bridgehead atoms. The lowest BCUT2D eigenvalue weighted by Crippen LogP contribution is -2.39. The van der Waals surface area contributed by atoms with Gasteiger partial charge in [-0.1, -0.05) is 18.2 Å². The van der Waals surface area contributed by atoms with Crippen molar-refractivity contribution in [3.05, 3.63) is 41.3 Å². The van der Waals surface area contributed by atoms with E-state index in [1.165, 1.54) is 24.2 Å². The predicted octanol–water partition coefficient (Wildman–Crippen LogP) is 3.47. The first kappa shape index (κ1) is 16.4. The molecule has 26 heavy (non-hydrogen) atoms. The molecule has 8 heteroatoms. The van der Waals surface area contributed by atoms with E-state index in [0.29, 0.717) is 23.9 Å². The van der Waals surface area contributed by atoms with Gasteiger partial charge in [0.05, 0.1) is 0 Å². The van der Waals surface area contributed by atoms with Gasteiger partial charge in [-0.15, -0.1) is 11.3 Å². The summed E-state index contributed by atoms with van der Waals surface area (Å²) in [5.74, 6) is 2.31. The molecule has 1 saturated heterocycles. The van der Waals surface area contributed by atoms with Crippen molar-refractivity contribution >= 4 is 31.4 Å². The Morgan fingerprint density at radius 3 is 2.85 bits per heavy atom. The van der Waals surface area contributed by atoms with Crippen LogP contribution in [-0.2, 0) is 10.0 Å². The molecule has 6 nitrogen and oxygen atoms in total. The van der Waals surface area contributed by atoms with Crippen LogP contribution >= 0.6 is 11.3 Å². The van der Waals surface area contributed by atoms with E-state index in [2.05, 4.69) is 15.2 Å². The lowest BCUT2D eigenvalue weighted by molar-refractivity contribution is 0.309. The monoisotopic (exact) mass is 388 g/mol. The number of aromatic amines is 1. The van der Waals surface area contributed by atoms with Crippen molar-refractivity contribution in [3.8, 4) is 0 Å². The van der Waals surface area contributed by atoms with Crippen molar-refractivity contribution in [1.82, 2.24) is 19.5 Å². The number of aromatic nitrogens is 3. The average molecular weight is 389 g/mol. The summed E-state index contributed by atoms with van der Waals surface area (Å²) in [6.45, 7) is 1.01. The lowest BCUT2D eigenvalue weighted by atomic mass is 9.99. The fraction of sp³-hybridized carbons (Fsp3) is 0.444. The first-order valence-electron chi connectivity index (χ1n) is 9.01. The van der Waals surface area contributed by atoms with E-state index in [1.54, 1.807) is 9.69 Å². The van der Waals surface area contributed by atoms with Crippen LogP contribution in [0.3, 0.4) is 0 Å². The molecule has 2 fully saturated rings. The van der Waals surface area contributed by atoms with E-state index >= 15 is 0 Å². The van der Waals surface area contributed by atoms with Crippen LogP contribution in [-0.4, -0.2) is 41.0 Å². The van der Waals surface area contributed by atoms with Gasteiger partial charge in [-0.05, 0) is 31.7 Å². The quantitative estimate of drug-likeness (QED) is 0.742. The molecule has 1 atom stereocenters. The topological polar surface area (TPSA) is 79.0 Å². The van der Waals surface area contributed by atoms with Crippen LogP contribution in [0.15, 0.2) is 34.5 Å². The third-order valence-electron chi connectivity index (χ3n) is 5.30. The minimum Gasteiger partial charge on any atom is -0.263 e. The Balaban J connectivity index is 1.43. The first-order valence-corrected chi connectivity index (χ1v) is 11.3. The van der Waals surface area contributed by atoms with Crippen molar-refractivity contribution in [2.75, 3.05) is 13.1 Å². The van der Waals surface area contributed by atoms with E-state index in [9.17, 15) is 8.42 Å². The zero-order valence-electron chi connectivity index (χ0n) is 14.3. The number of nitrogens with zero attached hydrogens (tertiary/aromatic N) is 3. The van der Waals surface area contributed by atoms with Crippen LogP contribution in [0, 0.1) is 0 Å². The second-order valence-electron chi connectivity index (χ2n) is 7.15. The van der Waals surface area contributed by atoms with Gasteiger partial charge in [-0.25, -0.2) is 13.4 Å². The van der Waals surface area contributed by atoms with Crippen molar-refractivity contribution in [3.63, 3.8) is 0 Å². The Labute approximate surface area is 156 Å². The van der Waals surface area contributed by atoms with Crippen LogP contribution in [0.2, 0.25) is 0 Å². The smallest absolute Gasteiger partial charge is 0.244 e. The van der Waals surface area contributed by atoms with E-state index in [-0.39, 0.29) is 5.92 Å². The molecule has 2 aromatic heterocycles. The van der Waals surface area contributed by atoms with Crippen molar-refractivity contribution in [1.29, 1.82) is 0 Å². The number of sulfonamides is 1. The fourth-order valence-electron chi connectivity index (χ4n) is 3.67. The largest absolute Gasteiger partial charge is 0.263 e. The molecule has 1 aromatic carbocycles. The van der Waals surface area contributed by atoms with Crippen LogP contribution < -0.4 is 0 Å². The van der Waals surface area contributed by atoms with Gasteiger partial charge in [0.1, 0.15) is 10.7 Å². The minimum absolute atomic E-state index is 0.0622. The number of nitrogens with one attached hydrogen (secondary N) is 1. The second kappa shape index (κ2) is 6.14. The SMILES string of the molecule is O=S(=O)(c1csc2ccccc12)N1CCCC(c2n[nH]c(C3CC3)n2)C1. The van der Waals surface area contributed by atoms with Gasteiger partial charge in [0.25, 0.3) is 0 Å². The van der Waals surface area contributed by atoms with E-state index in [4.69, 9.17) is 0 Å². The van der Waals surface area contributed by atoms with Crippen molar-refractivity contribution in [2.45, 2.75) is 42.4 Å². The van der Waals surface area contributed by atoms with Crippen LogP contribution in [0.4, 0.5) is 0 Å². The zero-order valence-corrected chi connectivity index (χ0v) is 15.9. The molecule has 5 rings (SSSR count). The average Bonchev–Trinajstić information content (AvgIpc) is 3.22. The summed E-state index contributed by atoms with van der Waals surface area (Å²) in [6, 6.07) is 7.68. The van der Waals surface area contributed by atoms with Gasteiger partial charge < -0.3 is 0 Å². The summed E-state index contributed by atoms with van der Waals surface area (Å²) in [5, 5.41) is 10.00. The molecule has 0 spiro atoms. The summed E-state index contributed by atoms with van der Waals surface area (Å²) < 4.78 is 29.1. The van der Waals surface area contributed by atoms with Crippen LogP contribution in [0.5, 0.6) is 0 Å². The summed E-state index contributed by atoms with van der Waals surface area (Å²) in [6.07, 6.45) is 4.10. The highest BCUT2D eigenvalue weighted by Gasteiger charge is 2.35. The number of benzene rings is 1. The maximum absolute atomic E-state index is 13.2. The van der Waals surface area contributed by atoms with Crippen molar-refractivity contribution < 1.29 is 8.42 Å². The maximum atomic E-state index is 13.2. The van der Waals surface area contributed by atoms with Crippen molar-refractivity contribution in [2.24, 2.45) is 0 Å². The summed E-state index contributed by atoms with van der Waals surface area (Å²) >= 11 is 1.48. The van der Waals surface area contributed by atoms with Crippen LogP contribution in [0.25, 0.3) is 10.1 Å².